The van der Waals surface area contributed by atoms with Gasteiger partial charge in [-0.1, -0.05) is 0 Å². The topological polar surface area (TPSA) is 48.0 Å². The molecule has 0 amide bonds. The highest BCUT2D eigenvalue weighted by Gasteiger charge is 2.15. The van der Waals surface area contributed by atoms with Crippen LogP contribution in [-0.2, 0) is 19.0 Å². The Kier molecular flexibility index (Phi) is 18.9. The molecule has 0 aromatic carbocycles. The van der Waals surface area contributed by atoms with Gasteiger partial charge in [0, 0.05) is 6.61 Å². The minimum absolute atomic E-state index is 0. The van der Waals surface area contributed by atoms with E-state index >= 15 is 0 Å². The zero-order valence-corrected chi connectivity index (χ0v) is 15.7. The van der Waals surface area contributed by atoms with Gasteiger partial charge in [0.15, 0.2) is 0 Å². The zero-order valence-electron chi connectivity index (χ0n) is 14.0. The van der Waals surface area contributed by atoms with Crippen molar-refractivity contribution in [1.29, 1.82) is 0 Å². The summed E-state index contributed by atoms with van der Waals surface area (Å²) in [7, 11) is 6.00. The molecule has 0 atom stereocenters. The highest BCUT2D eigenvalue weighted by atomic mass is 79.9. The fraction of sp³-hybridized carbons (Fsp3) is 0.929. The summed E-state index contributed by atoms with van der Waals surface area (Å²) in [6.07, 6.45) is 0.295. The molecular weight excluding hydrogens is 326 g/mol. The average molecular weight is 358 g/mol. The van der Waals surface area contributed by atoms with E-state index in [9.17, 15) is 4.79 Å². The Bertz CT molecular complexity index is 215. The highest BCUT2D eigenvalue weighted by molar-refractivity contribution is 8.93. The minimum atomic E-state index is -0.414. The van der Waals surface area contributed by atoms with Crippen molar-refractivity contribution in [3.8, 4) is 0 Å². The van der Waals surface area contributed by atoms with E-state index in [1.807, 2.05) is 53.7 Å². The van der Waals surface area contributed by atoms with Crippen LogP contribution in [-0.4, -0.2) is 64.0 Å². The largest absolute Gasteiger partial charge is 0.460 e. The van der Waals surface area contributed by atoms with Gasteiger partial charge in [0.05, 0.1) is 26.2 Å². The third-order valence-corrected chi connectivity index (χ3v) is 1.45. The molecule has 0 aliphatic heterocycles. The van der Waals surface area contributed by atoms with Crippen molar-refractivity contribution in [3.05, 3.63) is 0 Å². The van der Waals surface area contributed by atoms with Gasteiger partial charge < -0.3 is 19.1 Å². The SMILES string of the molecule is Br.CCOCCOCCC(=O)OC(C)(C)C.CN(C)C. The number of esters is 1. The lowest BCUT2D eigenvalue weighted by atomic mass is 10.2. The molecule has 0 heterocycles. The number of nitrogens with zero attached hydrogens (tertiary/aromatic N) is 1. The van der Waals surface area contributed by atoms with Gasteiger partial charge >= 0.3 is 5.97 Å². The van der Waals surface area contributed by atoms with Crippen LogP contribution in [0.4, 0.5) is 0 Å². The first-order chi connectivity index (χ1) is 8.69. The normalized spacial score (nSPS) is 10.4. The van der Waals surface area contributed by atoms with Crippen molar-refractivity contribution in [1.82, 2.24) is 4.90 Å². The molecule has 0 saturated carbocycles. The lowest BCUT2D eigenvalue weighted by Crippen LogP contribution is -2.24. The molecule has 6 heteroatoms. The van der Waals surface area contributed by atoms with Gasteiger partial charge in [-0.25, -0.2) is 0 Å². The number of carbonyl (C=O) groups is 1. The summed E-state index contributed by atoms with van der Waals surface area (Å²) in [4.78, 5) is 13.2. The number of ether oxygens (including phenoxy) is 3. The predicted molar refractivity (Wildman–Crippen MR) is 87.7 cm³/mol. The van der Waals surface area contributed by atoms with Crippen molar-refractivity contribution in [3.63, 3.8) is 0 Å². The quantitative estimate of drug-likeness (QED) is 0.517. The molecular formula is C14H32BrNO4. The molecule has 0 unspecified atom stereocenters. The van der Waals surface area contributed by atoms with E-state index in [1.54, 1.807) is 0 Å². The van der Waals surface area contributed by atoms with Crippen molar-refractivity contribution in [2.45, 2.75) is 39.7 Å². The van der Waals surface area contributed by atoms with Gasteiger partial charge in [-0.15, -0.1) is 17.0 Å². The molecule has 124 valence electrons. The smallest absolute Gasteiger partial charge is 0.308 e. The van der Waals surface area contributed by atoms with Gasteiger partial charge in [-0.3, -0.25) is 4.79 Å². The van der Waals surface area contributed by atoms with Crippen LogP contribution in [0.25, 0.3) is 0 Å². The second-order valence-electron chi connectivity index (χ2n) is 5.49. The molecule has 0 aromatic heterocycles. The second kappa shape index (κ2) is 15.2. The van der Waals surface area contributed by atoms with E-state index in [-0.39, 0.29) is 23.0 Å². The Labute approximate surface area is 134 Å². The van der Waals surface area contributed by atoms with Gasteiger partial charge in [0.2, 0.25) is 0 Å². The van der Waals surface area contributed by atoms with Crippen molar-refractivity contribution in [2.24, 2.45) is 0 Å². The third kappa shape index (κ3) is 30.7. The molecule has 0 aliphatic rings. The number of hydrogen-bond donors (Lipinski definition) is 0. The fourth-order valence-electron chi connectivity index (χ4n) is 0.912. The minimum Gasteiger partial charge on any atom is -0.460 e. The Morgan fingerprint density at radius 3 is 1.85 bits per heavy atom. The molecule has 0 aliphatic carbocycles. The molecule has 0 rings (SSSR count). The van der Waals surface area contributed by atoms with E-state index in [0.717, 1.165) is 0 Å². The standard InChI is InChI=1S/C11H22O4.C3H9N.BrH/c1-5-13-8-9-14-7-6-10(12)15-11(2,3)4;1-4(2)3;/h5-9H2,1-4H3;1-3H3;1H. The molecule has 0 saturated heterocycles. The molecule has 0 spiro atoms. The number of hydrogen-bond acceptors (Lipinski definition) is 5. The first-order valence-corrected chi connectivity index (χ1v) is 6.67. The first-order valence-electron chi connectivity index (χ1n) is 6.67. The van der Waals surface area contributed by atoms with Crippen LogP contribution in [0.3, 0.4) is 0 Å². The van der Waals surface area contributed by atoms with Crippen LogP contribution >= 0.6 is 17.0 Å². The summed E-state index contributed by atoms with van der Waals surface area (Å²) < 4.78 is 15.4. The molecule has 5 nitrogen and oxygen atoms in total. The monoisotopic (exact) mass is 357 g/mol. The molecule has 0 radical (unpaired) electrons. The van der Waals surface area contributed by atoms with Crippen molar-refractivity contribution < 1.29 is 19.0 Å². The molecule has 0 N–H and O–H groups in total. The summed E-state index contributed by atoms with van der Waals surface area (Å²) in [6.45, 7) is 9.65. The Hall–Kier alpha value is -0.170. The van der Waals surface area contributed by atoms with Crippen LogP contribution in [0, 0.1) is 0 Å². The summed E-state index contributed by atoms with van der Waals surface area (Å²) >= 11 is 0. The van der Waals surface area contributed by atoms with Gasteiger partial charge in [0.1, 0.15) is 5.60 Å². The van der Waals surface area contributed by atoms with Crippen LogP contribution in [0.1, 0.15) is 34.1 Å². The zero-order chi connectivity index (χ0) is 15.3. The van der Waals surface area contributed by atoms with Crippen molar-refractivity contribution in [2.75, 3.05) is 47.6 Å². The van der Waals surface area contributed by atoms with Crippen LogP contribution < -0.4 is 0 Å². The summed E-state index contributed by atoms with van der Waals surface area (Å²) in [6, 6.07) is 0. The summed E-state index contributed by atoms with van der Waals surface area (Å²) in [5.74, 6) is -0.223. The number of halogens is 1. The number of carbonyl (C=O) groups excluding carboxylic acids is 1. The molecule has 0 bridgehead atoms. The Morgan fingerprint density at radius 2 is 1.45 bits per heavy atom. The Morgan fingerprint density at radius 1 is 1.00 bits per heavy atom. The van der Waals surface area contributed by atoms with E-state index in [4.69, 9.17) is 14.2 Å². The van der Waals surface area contributed by atoms with Crippen LogP contribution in [0.15, 0.2) is 0 Å². The maximum absolute atomic E-state index is 11.2. The van der Waals surface area contributed by atoms with Crippen LogP contribution in [0.2, 0.25) is 0 Å². The van der Waals surface area contributed by atoms with Crippen LogP contribution in [0.5, 0.6) is 0 Å². The first kappa shape index (κ1) is 24.8. The lowest BCUT2D eigenvalue weighted by molar-refractivity contribution is -0.156. The van der Waals surface area contributed by atoms with Gasteiger partial charge in [-0.05, 0) is 48.8 Å². The lowest BCUT2D eigenvalue weighted by Gasteiger charge is -2.19. The number of rotatable bonds is 7. The summed E-state index contributed by atoms with van der Waals surface area (Å²) in [5, 5.41) is 0. The molecule has 20 heavy (non-hydrogen) atoms. The third-order valence-electron chi connectivity index (χ3n) is 1.45. The van der Waals surface area contributed by atoms with Crippen molar-refractivity contribution >= 4 is 23.0 Å². The van der Waals surface area contributed by atoms with E-state index < -0.39 is 5.60 Å². The molecule has 0 aromatic rings. The Balaban J connectivity index is -0.000000508. The maximum Gasteiger partial charge on any atom is 0.308 e. The summed E-state index contributed by atoms with van der Waals surface area (Å²) in [5.41, 5.74) is -0.414. The maximum atomic E-state index is 11.2. The fourth-order valence-corrected chi connectivity index (χ4v) is 0.912. The predicted octanol–water partition coefficient (Wildman–Crippen LogP) is 2.53. The van der Waals surface area contributed by atoms with E-state index in [2.05, 4.69) is 0 Å². The second-order valence-corrected chi connectivity index (χ2v) is 5.49. The van der Waals surface area contributed by atoms with E-state index in [0.29, 0.717) is 32.8 Å². The molecule has 0 fully saturated rings. The highest BCUT2D eigenvalue weighted by Crippen LogP contribution is 2.07. The van der Waals surface area contributed by atoms with Gasteiger partial charge in [-0.2, -0.15) is 0 Å². The van der Waals surface area contributed by atoms with Gasteiger partial charge in [0.25, 0.3) is 0 Å². The van der Waals surface area contributed by atoms with E-state index in [1.165, 1.54) is 0 Å². The average Bonchev–Trinajstić information content (AvgIpc) is 2.19.